The molecule has 0 saturated heterocycles. The van der Waals surface area contributed by atoms with E-state index in [0.29, 0.717) is 21.7 Å². The minimum absolute atomic E-state index is 0.234. The van der Waals surface area contributed by atoms with E-state index in [4.69, 9.17) is 23.2 Å². The van der Waals surface area contributed by atoms with Crippen molar-refractivity contribution in [2.45, 2.75) is 32.1 Å². The lowest BCUT2D eigenvalue weighted by Crippen LogP contribution is -2.26. The maximum absolute atomic E-state index is 5.93. The largest absolute Gasteiger partial charge is 0.341 e. The molecule has 0 fully saturated rings. The Morgan fingerprint density at radius 3 is 1.33 bits per heavy atom. The molecule has 0 atom stereocenters. The number of aromatic amines is 2. The quantitative estimate of drug-likeness (QED) is 0.236. The molecule has 2 aromatic heterocycles. The van der Waals surface area contributed by atoms with Crippen LogP contribution in [0.1, 0.15) is 38.1 Å². The number of halogens is 2. The predicted molar refractivity (Wildman–Crippen MR) is 134 cm³/mol. The molecule has 6 nitrogen and oxygen atoms in total. The van der Waals surface area contributed by atoms with Gasteiger partial charge in [-0.05, 0) is 85.6 Å². The van der Waals surface area contributed by atoms with Crippen LogP contribution in [0.4, 0.5) is 23.0 Å². The van der Waals surface area contributed by atoms with E-state index in [1.54, 1.807) is 24.3 Å². The molecule has 0 unspecified atom stereocenters. The SMILES string of the molecule is CCC(CC)(c1ccc(N=Nc2ccc(Cl)cc2)[nH]1)c1ccc(N=Nc2ccc(Cl)cc2)[nH]1. The summed E-state index contributed by atoms with van der Waals surface area (Å²) in [5.74, 6) is 1.39. The van der Waals surface area contributed by atoms with Crippen molar-refractivity contribution in [2.24, 2.45) is 20.5 Å². The van der Waals surface area contributed by atoms with Crippen LogP contribution in [-0.4, -0.2) is 9.97 Å². The summed E-state index contributed by atoms with van der Waals surface area (Å²) in [5, 5.41) is 18.6. The van der Waals surface area contributed by atoms with Crippen LogP contribution >= 0.6 is 23.2 Å². The summed E-state index contributed by atoms with van der Waals surface area (Å²) in [6.45, 7) is 4.35. The molecule has 168 valence electrons. The zero-order chi connectivity index (χ0) is 23.3. The molecule has 4 aromatic rings. The van der Waals surface area contributed by atoms with Crippen molar-refractivity contribution in [1.82, 2.24) is 9.97 Å². The van der Waals surface area contributed by atoms with E-state index < -0.39 is 0 Å². The Balaban J connectivity index is 1.56. The van der Waals surface area contributed by atoms with Crippen LogP contribution in [0.5, 0.6) is 0 Å². The van der Waals surface area contributed by atoms with Gasteiger partial charge in [-0.3, -0.25) is 0 Å². The van der Waals surface area contributed by atoms with Crippen molar-refractivity contribution in [1.29, 1.82) is 0 Å². The maximum Gasteiger partial charge on any atom is 0.152 e. The third-order valence-electron chi connectivity index (χ3n) is 5.78. The van der Waals surface area contributed by atoms with Gasteiger partial charge in [-0.1, -0.05) is 37.0 Å². The number of H-pyrrole nitrogens is 2. The molecule has 0 spiro atoms. The van der Waals surface area contributed by atoms with E-state index in [1.807, 2.05) is 36.4 Å². The molecule has 2 aromatic carbocycles. The van der Waals surface area contributed by atoms with Crippen molar-refractivity contribution < 1.29 is 0 Å². The first-order chi connectivity index (χ1) is 16.0. The smallest absolute Gasteiger partial charge is 0.152 e. The molecular formula is C25H24Cl2N6. The highest BCUT2D eigenvalue weighted by Crippen LogP contribution is 2.39. The zero-order valence-electron chi connectivity index (χ0n) is 18.4. The van der Waals surface area contributed by atoms with Crippen molar-refractivity contribution in [3.8, 4) is 0 Å². The van der Waals surface area contributed by atoms with E-state index in [-0.39, 0.29) is 5.41 Å². The van der Waals surface area contributed by atoms with Crippen molar-refractivity contribution >= 4 is 46.2 Å². The third kappa shape index (κ3) is 5.24. The highest BCUT2D eigenvalue weighted by Gasteiger charge is 2.33. The van der Waals surface area contributed by atoms with Gasteiger partial charge in [0, 0.05) is 26.8 Å². The topological polar surface area (TPSA) is 81.0 Å². The number of azo groups is 2. The number of nitrogens with zero attached hydrogens (tertiary/aromatic N) is 4. The van der Waals surface area contributed by atoms with Gasteiger partial charge < -0.3 is 9.97 Å². The fraction of sp³-hybridized carbons (Fsp3) is 0.200. The molecule has 0 radical (unpaired) electrons. The summed E-state index contributed by atoms with van der Waals surface area (Å²) >= 11 is 11.9. The number of benzene rings is 2. The van der Waals surface area contributed by atoms with E-state index in [0.717, 1.165) is 35.6 Å². The number of hydrogen-bond acceptors (Lipinski definition) is 4. The minimum atomic E-state index is -0.234. The van der Waals surface area contributed by atoms with Crippen molar-refractivity contribution in [3.05, 3.63) is 94.2 Å². The molecule has 0 amide bonds. The Kier molecular flexibility index (Phi) is 7.06. The van der Waals surface area contributed by atoms with E-state index in [9.17, 15) is 0 Å². The number of nitrogens with one attached hydrogen (secondary N) is 2. The van der Waals surface area contributed by atoms with Crippen LogP contribution in [0.15, 0.2) is 93.3 Å². The summed E-state index contributed by atoms with van der Waals surface area (Å²) < 4.78 is 0. The van der Waals surface area contributed by atoms with Crippen LogP contribution in [0.3, 0.4) is 0 Å². The first-order valence-corrected chi connectivity index (χ1v) is 11.5. The van der Waals surface area contributed by atoms with Gasteiger partial charge >= 0.3 is 0 Å². The molecule has 8 heteroatoms. The summed E-state index contributed by atoms with van der Waals surface area (Å²) in [4.78, 5) is 6.87. The van der Waals surface area contributed by atoms with Gasteiger partial charge in [0.05, 0.1) is 11.4 Å². The summed E-state index contributed by atoms with van der Waals surface area (Å²) in [7, 11) is 0. The van der Waals surface area contributed by atoms with Crippen LogP contribution in [0.2, 0.25) is 10.0 Å². The Hall–Kier alpha value is -3.22. The maximum atomic E-state index is 5.93. The molecule has 2 heterocycles. The normalized spacial score (nSPS) is 12.2. The van der Waals surface area contributed by atoms with E-state index in [2.05, 4.69) is 56.4 Å². The summed E-state index contributed by atoms with van der Waals surface area (Å²) in [6, 6.07) is 22.5. The van der Waals surface area contributed by atoms with Crippen LogP contribution in [0.25, 0.3) is 0 Å². The van der Waals surface area contributed by atoms with E-state index in [1.165, 1.54) is 0 Å². The average Bonchev–Trinajstić information content (AvgIpc) is 3.51. The number of rotatable bonds is 8. The lowest BCUT2D eigenvalue weighted by Gasteiger charge is -2.30. The Morgan fingerprint density at radius 2 is 0.970 bits per heavy atom. The molecule has 33 heavy (non-hydrogen) atoms. The van der Waals surface area contributed by atoms with Crippen molar-refractivity contribution in [2.75, 3.05) is 0 Å². The fourth-order valence-electron chi connectivity index (χ4n) is 3.84. The van der Waals surface area contributed by atoms with Crippen LogP contribution < -0.4 is 0 Å². The first-order valence-electron chi connectivity index (χ1n) is 10.8. The first kappa shape index (κ1) is 23.0. The molecule has 4 rings (SSSR count). The minimum Gasteiger partial charge on any atom is -0.341 e. The molecule has 0 aliphatic rings. The second-order valence-electron chi connectivity index (χ2n) is 7.66. The van der Waals surface area contributed by atoms with Gasteiger partial charge in [0.25, 0.3) is 0 Å². The Bertz CT molecular complexity index is 1150. The summed E-state index contributed by atoms with van der Waals surface area (Å²) in [6.07, 6.45) is 1.79. The van der Waals surface area contributed by atoms with Crippen LogP contribution in [-0.2, 0) is 5.41 Å². The molecule has 2 N–H and O–H groups in total. The highest BCUT2D eigenvalue weighted by atomic mass is 35.5. The van der Waals surface area contributed by atoms with E-state index >= 15 is 0 Å². The molecule has 0 aliphatic heterocycles. The number of aromatic nitrogens is 2. The Morgan fingerprint density at radius 1 is 0.576 bits per heavy atom. The summed E-state index contributed by atoms with van der Waals surface area (Å²) in [5.41, 5.74) is 3.39. The molecule has 0 aliphatic carbocycles. The molecule has 0 saturated carbocycles. The molecule has 0 bridgehead atoms. The predicted octanol–water partition coefficient (Wildman–Crippen LogP) is 9.59. The second kappa shape index (κ2) is 10.1. The average molecular weight is 479 g/mol. The zero-order valence-corrected chi connectivity index (χ0v) is 19.9. The third-order valence-corrected chi connectivity index (χ3v) is 6.28. The van der Waals surface area contributed by atoms with Gasteiger partial charge in [-0.15, -0.1) is 20.5 Å². The van der Waals surface area contributed by atoms with Gasteiger partial charge in [0.1, 0.15) is 0 Å². The fourth-order valence-corrected chi connectivity index (χ4v) is 4.09. The lowest BCUT2D eigenvalue weighted by molar-refractivity contribution is 0.456. The van der Waals surface area contributed by atoms with Gasteiger partial charge in [-0.2, -0.15) is 0 Å². The monoisotopic (exact) mass is 478 g/mol. The molecular weight excluding hydrogens is 455 g/mol. The Labute approximate surface area is 202 Å². The van der Waals surface area contributed by atoms with Crippen LogP contribution in [0, 0.1) is 0 Å². The van der Waals surface area contributed by atoms with Gasteiger partial charge in [0.2, 0.25) is 0 Å². The van der Waals surface area contributed by atoms with Crippen molar-refractivity contribution in [3.63, 3.8) is 0 Å². The second-order valence-corrected chi connectivity index (χ2v) is 8.53. The van der Waals surface area contributed by atoms with Gasteiger partial charge in [-0.25, -0.2) is 0 Å². The number of hydrogen-bond donors (Lipinski definition) is 2. The van der Waals surface area contributed by atoms with Gasteiger partial charge in [0.15, 0.2) is 11.6 Å². The lowest BCUT2D eigenvalue weighted by atomic mass is 9.76. The standard InChI is InChI=1S/C25H24Cl2N6/c1-3-25(4-2,21-13-15-23(28-21)32-30-19-9-5-17(26)6-10-19)22-14-16-24(29-22)33-31-20-11-7-18(27)8-12-20/h5-16,28-29H,3-4H2,1-2H3. The highest BCUT2D eigenvalue weighted by molar-refractivity contribution is 6.30.